The Morgan fingerprint density at radius 2 is 2.33 bits per heavy atom. The second kappa shape index (κ2) is 4.65. The summed E-state index contributed by atoms with van der Waals surface area (Å²) in [5.74, 6) is -1.11. The van der Waals surface area contributed by atoms with Crippen LogP contribution in [0.3, 0.4) is 0 Å². The molecule has 0 unspecified atom stereocenters. The van der Waals surface area contributed by atoms with Gasteiger partial charge in [-0.15, -0.1) is 0 Å². The first kappa shape index (κ1) is 11.3. The molecule has 1 N–H and O–H groups in total. The van der Waals surface area contributed by atoms with Crippen LogP contribution in [0.15, 0.2) is 22.8 Å². The number of pyridine rings is 1. The molecule has 0 radical (unpaired) electrons. The van der Waals surface area contributed by atoms with Crippen LogP contribution < -0.4 is 0 Å². The van der Waals surface area contributed by atoms with Crippen molar-refractivity contribution in [3.05, 3.63) is 38.6 Å². The molecule has 78 valence electrons. The molecule has 0 bridgehead atoms. The molecule has 0 saturated heterocycles. The SMILES string of the molecule is O=C(O)/C=C/c1cc(Br)c([N+](=O)[O-])cn1. The van der Waals surface area contributed by atoms with Gasteiger partial charge in [-0.1, -0.05) is 0 Å². The van der Waals surface area contributed by atoms with Crippen molar-refractivity contribution in [1.29, 1.82) is 0 Å². The summed E-state index contributed by atoms with van der Waals surface area (Å²) in [6.45, 7) is 0. The summed E-state index contributed by atoms with van der Waals surface area (Å²) in [7, 11) is 0. The van der Waals surface area contributed by atoms with E-state index in [-0.39, 0.29) is 10.2 Å². The molecule has 1 rings (SSSR count). The van der Waals surface area contributed by atoms with Crippen LogP contribution in [-0.2, 0) is 4.79 Å². The first-order chi connectivity index (χ1) is 7.00. The highest BCUT2D eigenvalue weighted by Gasteiger charge is 2.11. The highest BCUT2D eigenvalue weighted by Crippen LogP contribution is 2.24. The van der Waals surface area contributed by atoms with Crippen molar-refractivity contribution in [2.45, 2.75) is 0 Å². The van der Waals surface area contributed by atoms with Gasteiger partial charge in [0.05, 0.1) is 15.1 Å². The smallest absolute Gasteiger partial charge is 0.328 e. The highest BCUT2D eigenvalue weighted by molar-refractivity contribution is 9.10. The minimum Gasteiger partial charge on any atom is -0.478 e. The third-order valence-corrected chi connectivity index (χ3v) is 2.08. The molecule has 1 aromatic rings. The third kappa shape index (κ3) is 3.13. The van der Waals surface area contributed by atoms with E-state index in [0.717, 1.165) is 12.3 Å². The number of carboxylic acids is 1. The van der Waals surface area contributed by atoms with Crippen molar-refractivity contribution in [1.82, 2.24) is 4.98 Å². The molecule has 1 heterocycles. The second-order valence-corrected chi connectivity index (χ2v) is 3.34. The molecule has 0 saturated carbocycles. The van der Waals surface area contributed by atoms with Crippen molar-refractivity contribution < 1.29 is 14.8 Å². The maximum atomic E-state index is 10.4. The summed E-state index contributed by atoms with van der Waals surface area (Å²) < 4.78 is 0.257. The Morgan fingerprint density at radius 3 is 2.80 bits per heavy atom. The number of rotatable bonds is 3. The molecule has 0 atom stereocenters. The molecule has 0 amide bonds. The number of carboxylic acid groups (broad SMARTS) is 1. The van der Waals surface area contributed by atoms with Crippen LogP contribution in [0.2, 0.25) is 0 Å². The normalized spacial score (nSPS) is 10.5. The summed E-state index contributed by atoms with van der Waals surface area (Å²) in [5.41, 5.74) is 0.164. The van der Waals surface area contributed by atoms with Gasteiger partial charge >= 0.3 is 11.7 Å². The van der Waals surface area contributed by atoms with Gasteiger partial charge in [-0.3, -0.25) is 10.1 Å². The minimum atomic E-state index is -1.11. The average Bonchev–Trinajstić information content (AvgIpc) is 2.14. The molecular weight excluding hydrogens is 268 g/mol. The van der Waals surface area contributed by atoms with Gasteiger partial charge in [0.25, 0.3) is 0 Å². The molecular formula is C8H5BrN2O4. The van der Waals surface area contributed by atoms with Gasteiger partial charge < -0.3 is 5.11 Å². The van der Waals surface area contributed by atoms with E-state index in [1.54, 1.807) is 0 Å². The van der Waals surface area contributed by atoms with Crippen LogP contribution in [0.25, 0.3) is 6.08 Å². The number of aromatic nitrogens is 1. The van der Waals surface area contributed by atoms with Crippen molar-refractivity contribution in [2.75, 3.05) is 0 Å². The van der Waals surface area contributed by atoms with Crippen molar-refractivity contribution >= 4 is 33.7 Å². The van der Waals surface area contributed by atoms with Gasteiger partial charge in [-0.25, -0.2) is 9.78 Å². The third-order valence-electron chi connectivity index (χ3n) is 1.45. The van der Waals surface area contributed by atoms with Crippen LogP contribution in [0, 0.1) is 10.1 Å². The Hall–Kier alpha value is -1.76. The van der Waals surface area contributed by atoms with Crippen molar-refractivity contribution in [2.24, 2.45) is 0 Å². The Balaban J connectivity index is 3.01. The largest absolute Gasteiger partial charge is 0.478 e. The van der Waals surface area contributed by atoms with Gasteiger partial charge in [0.2, 0.25) is 0 Å². The van der Waals surface area contributed by atoms with Crippen LogP contribution in [-0.4, -0.2) is 21.0 Å². The fourth-order valence-corrected chi connectivity index (χ4v) is 1.30. The summed E-state index contributed by atoms with van der Waals surface area (Å²) in [4.78, 5) is 23.8. The Morgan fingerprint density at radius 1 is 1.67 bits per heavy atom. The number of carbonyl (C=O) groups is 1. The predicted octanol–water partition coefficient (Wildman–Crippen LogP) is 1.85. The number of nitrogens with zero attached hydrogens (tertiary/aromatic N) is 2. The molecule has 0 aliphatic rings. The molecule has 1 aromatic heterocycles. The zero-order valence-electron chi connectivity index (χ0n) is 7.25. The van der Waals surface area contributed by atoms with E-state index in [2.05, 4.69) is 20.9 Å². The summed E-state index contributed by atoms with van der Waals surface area (Å²) in [6.07, 6.45) is 3.21. The van der Waals surface area contributed by atoms with Crippen LogP contribution in [0.4, 0.5) is 5.69 Å². The number of halogens is 1. The van der Waals surface area contributed by atoms with E-state index >= 15 is 0 Å². The van der Waals surface area contributed by atoms with E-state index < -0.39 is 10.9 Å². The Labute approximate surface area is 92.5 Å². The van der Waals surface area contributed by atoms with E-state index in [1.165, 1.54) is 12.1 Å². The van der Waals surface area contributed by atoms with Gasteiger partial charge in [-0.2, -0.15) is 0 Å². The van der Waals surface area contributed by atoms with Crippen LogP contribution in [0.5, 0.6) is 0 Å². The molecule has 0 fully saturated rings. The average molecular weight is 273 g/mol. The summed E-state index contributed by atoms with van der Waals surface area (Å²) in [6, 6.07) is 1.37. The topological polar surface area (TPSA) is 93.3 Å². The summed E-state index contributed by atoms with van der Waals surface area (Å²) >= 11 is 2.99. The van der Waals surface area contributed by atoms with Crippen LogP contribution in [0.1, 0.15) is 5.69 Å². The highest BCUT2D eigenvalue weighted by atomic mass is 79.9. The molecule has 0 aromatic carbocycles. The Kier molecular flexibility index (Phi) is 3.51. The number of hydrogen-bond acceptors (Lipinski definition) is 4. The standard InChI is InChI=1S/C8H5BrN2O4/c9-6-3-5(1-2-8(12)13)10-4-7(6)11(14)15/h1-4H,(H,12,13)/b2-1+. The first-order valence-electron chi connectivity index (χ1n) is 3.71. The molecule has 6 nitrogen and oxygen atoms in total. The molecule has 15 heavy (non-hydrogen) atoms. The lowest BCUT2D eigenvalue weighted by atomic mass is 10.3. The maximum Gasteiger partial charge on any atom is 0.328 e. The van der Waals surface area contributed by atoms with E-state index in [9.17, 15) is 14.9 Å². The number of hydrogen-bond donors (Lipinski definition) is 1. The Bertz CT molecular complexity index is 444. The lowest BCUT2D eigenvalue weighted by molar-refractivity contribution is -0.386. The number of aliphatic carboxylic acids is 1. The van der Waals surface area contributed by atoms with Gasteiger partial charge in [-0.05, 0) is 28.1 Å². The zero-order valence-corrected chi connectivity index (χ0v) is 8.84. The quantitative estimate of drug-likeness (QED) is 0.515. The maximum absolute atomic E-state index is 10.4. The lowest BCUT2D eigenvalue weighted by Crippen LogP contribution is -1.92. The van der Waals surface area contributed by atoms with E-state index in [1.807, 2.05) is 0 Å². The predicted molar refractivity (Wildman–Crippen MR) is 55.3 cm³/mol. The lowest BCUT2D eigenvalue weighted by Gasteiger charge is -1.95. The zero-order chi connectivity index (χ0) is 11.4. The minimum absolute atomic E-state index is 0.164. The van der Waals surface area contributed by atoms with Gasteiger partial charge in [0.1, 0.15) is 6.20 Å². The fourth-order valence-electron chi connectivity index (χ4n) is 0.821. The van der Waals surface area contributed by atoms with Crippen LogP contribution >= 0.6 is 15.9 Å². The van der Waals surface area contributed by atoms with Crippen molar-refractivity contribution in [3.63, 3.8) is 0 Å². The van der Waals surface area contributed by atoms with Gasteiger partial charge in [0, 0.05) is 6.08 Å². The molecule has 0 spiro atoms. The second-order valence-electron chi connectivity index (χ2n) is 2.49. The molecule has 0 aliphatic carbocycles. The van der Waals surface area contributed by atoms with Crippen molar-refractivity contribution in [3.8, 4) is 0 Å². The molecule has 7 heteroatoms. The van der Waals surface area contributed by atoms with E-state index in [4.69, 9.17) is 5.11 Å². The fraction of sp³-hybridized carbons (Fsp3) is 0. The molecule has 0 aliphatic heterocycles. The monoisotopic (exact) mass is 272 g/mol. The van der Waals surface area contributed by atoms with Gasteiger partial charge in [0.15, 0.2) is 0 Å². The first-order valence-corrected chi connectivity index (χ1v) is 4.51. The summed E-state index contributed by atoms with van der Waals surface area (Å²) in [5, 5.41) is 18.8. The van der Waals surface area contributed by atoms with E-state index in [0.29, 0.717) is 5.69 Å². The number of nitro groups is 1.